The van der Waals surface area contributed by atoms with Crippen molar-refractivity contribution >= 4 is 12.0 Å². The van der Waals surface area contributed by atoms with Crippen LogP contribution in [0.3, 0.4) is 0 Å². The normalized spacial score (nSPS) is 13.1. The second-order valence-corrected chi connectivity index (χ2v) is 5.13. The van der Waals surface area contributed by atoms with E-state index in [0.29, 0.717) is 6.54 Å². The van der Waals surface area contributed by atoms with Gasteiger partial charge in [0.05, 0.1) is 0 Å². The molecule has 1 aromatic rings. The van der Waals surface area contributed by atoms with E-state index in [4.69, 9.17) is 0 Å². The average molecular weight is 275 g/mol. The van der Waals surface area contributed by atoms with Crippen LogP contribution in [0.4, 0.5) is 0 Å². The summed E-state index contributed by atoms with van der Waals surface area (Å²) in [6.07, 6.45) is 4.22. The van der Waals surface area contributed by atoms with Crippen LogP contribution in [0.25, 0.3) is 6.08 Å². The molecule has 1 N–H and O–H groups in total. The van der Waals surface area contributed by atoms with E-state index < -0.39 is 0 Å². The van der Waals surface area contributed by atoms with Gasteiger partial charge in [0.25, 0.3) is 0 Å². The van der Waals surface area contributed by atoms with Gasteiger partial charge in [-0.1, -0.05) is 42.5 Å². The van der Waals surface area contributed by atoms with Crippen molar-refractivity contribution < 1.29 is 4.79 Å². The zero-order chi connectivity index (χ0) is 15.0. The standard InChI is InChI=1S/C16H25N3O/c1-17-16(20)15(18(2)3)13-19(4)12-8-11-14-9-6-5-7-10-14/h5-11,15H,12-13H2,1-4H3,(H,17,20)/b11-8+/t15-/m0/s1. The van der Waals surface area contributed by atoms with E-state index in [9.17, 15) is 4.79 Å². The number of nitrogens with one attached hydrogen (secondary N) is 1. The Kier molecular flexibility index (Phi) is 6.98. The van der Waals surface area contributed by atoms with Gasteiger partial charge in [0.1, 0.15) is 6.04 Å². The molecule has 0 saturated heterocycles. The highest BCUT2D eigenvalue weighted by Gasteiger charge is 2.20. The average Bonchev–Trinajstić information content (AvgIpc) is 2.45. The smallest absolute Gasteiger partial charge is 0.238 e. The molecule has 1 aromatic carbocycles. The number of carbonyl (C=O) groups excluding carboxylic acids is 1. The Balaban J connectivity index is 2.48. The Morgan fingerprint density at radius 2 is 1.90 bits per heavy atom. The molecule has 0 aliphatic rings. The molecule has 0 radical (unpaired) electrons. The number of hydrogen-bond acceptors (Lipinski definition) is 3. The molecule has 4 nitrogen and oxygen atoms in total. The maximum absolute atomic E-state index is 11.8. The summed E-state index contributed by atoms with van der Waals surface area (Å²) >= 11 is 0. The molecule has 0 aliphatic heterocycles. The molecule has 0 bridgehead atoms. The van der Waals surface area contributed by atoms with Gasteiger partial charge in [0, 0.05) is 20.1 Å². The van der Waals surface area contributed by atoms with Crippen molar-refractivity contribution in [2.24, 2.45) is 0 Å². The van der Waals surface area contributed by atoms with E-state index in [2.05, 4.69) is 34.5 Å². The van der Waals surface area contributed by atoms with Gasteiger partial charge in [-0.15, -0.1) is 0 Å². The van der Waals surface area contributed by atoms with E-state index in [1.165, 1.54) is 5.56 Å². The fourth-order valence-electron chi connectivity index (χ4n) is 1.95. The van der Waals surface area contributed by atoms with Gasteiger partial charge in [0.2, 0.25) is 5.91 Å². The van der Waals surface area contributed by atoms with Crippen molar-refractivity contribution in [2.75, 3.05) is 41.3 Å². The number of rotatable bonds is 7. The molecule has 0 saturated carbocycles. The van der Waals surface area contributed by atoms with Gasteiger partial charge < -0.3 is 10.2 Å². The zero-order valence-electron chi connectivity index (χ0n) is 12.8. The molecular weight excluding hydrogens is 250 g/mol. The molecule has 0 fully saturated rings. The minimum Gasteiger partial charge on any atom is -0.358 e. The Morgan fingerprint density at radius 3 is 2.45 bits per heavy atom. The van der Waals surface area contributed by atoms with Crippen LogP contribution in [-0.2, 0) is 4.79 Å². The van der Waals surface area contributed by atoms with Crippen LogP contribution in [0.15, 0.2) is 36.4 Å². The molecule has 1 rings (SSSR count). The Bertz CT molecular complexity index is 429. The van der Waals surface area contributed by atoms with E-state index >= 15 is 0 Å². The molecule has 0 unspecified atom stereocenters. The Morgan fingerprint density at radius 1 is 1.25 bits per heavy atom. The molecular formula is C16H25N3O. The second kappa shape index (κ2) is 8.51. The summed E-state index contributed by atoms with van der Waals surface area (Å²) in [5.74, 6) is 0.0499. The lowest BCUT2D eigenvalue weighted by atomic mass is 10.2. The van der Waals surface area contributed by atoms with Crippen molar-refractivity contribution in [3.63, 3.8) is 0 Å². The monoisotopic (exact) mass is 275 g/mol. The van der Waals surface area contributed by atoms with Crippen LogP contribution >= 0.6 is 0 Å². The molecule has 0 spiro atoms. The van der Waals surface area contributed by atoms with Gasteiger partial charge in [-0.2, -0.15) is 0 Å². The van der Waals surface area contributed by atoms with Gasteiger partial charge in [-0.3, -0.25) is 9.69 Å². The number of carbonyl (C=O) groups is 1. The van der Waals surface area contributed by atoms with Gasteiger partial charge in [0.15, 0.2) is 0 Å². The summed E-state index contributed by atoms with van der Waals surface area (Å²) in [4.78, 5) is 15.9. The van der Waals surface area contributed by atoms with E-state index in [1.807, 2.05) is 44.2 Å². The number of benzene rings is 1. The van der Waals surface area contributed by atoms with E-state index in [1.54, 1.807) is 7.05 Å². The first kappa shape index (κ1) is 16.4. The van der Waals surface area contributed by atoms with Crippen LogP contribution in [0, 0.1) is 0 Å². The summed E-state index contributed by atoms with van der Waals surface area (Å²) in [7, 11) is 7.55. The number of amides is 1. The van der Waals surface area contributed by atoms with Crippen molar-refractivity contribution in [3.8, 4) is 0 Å². The molecule has 20 heavy (non-hydrogen) atoms. The summed E-state index contributed by atoms with van der Waals surface area (Å²) in [5, 5.41) is 2.71. The third-order valence-electron chi connectivity index (χ3n) is 3.18. The summed E-state index contributed by atoms with van der Waals surface area (Å²) in [6.45, 7) is 1.52. The van der Waals surface area contributed by atoms with Gasteiger partial charge in [-0.25, -0.2) is 0 Å². The first-order chi connectivity index (χ1) is 9.54. The topological polar surface area (TPSA) is 35.6 Å². The Labute approximate surface area is 122 Å². The van der Waals surface area contributed by atoms with E-state index in [-0.39, 0.29) is 11.9 Å². The van der Waals surface area contributed by atoms with Crippen molar-refractivity contribution in [3.05, 3.63) is 42.0 Å². The van der Waals surface area contributed by atoms with Gasteiger partial charge >= 0.3 is 0 Å². The molecule has 110 valence electrons. The predicted molar refractivity (Wildman–Crippen MR) is 84.5 cm³/mol. The summed E-state index contributed by atoms with van der Waals surface area (Å²) in [6, 6.07) is 10.1. The van der Waals surface area contributed by atoms with Crippen LogP contribution < -0.4 is 5.32 Å². The third-order valence-corrected chi connectivity index (χ3v) is 3.18. The molecule has 4 heteroatoms. The van der Waals surface area contributed by atoms with Crippen LogP contribution in [0.1, 0.15) is 5.56 Å². The summed E-state index contributed by atoms with van der Waals surface area (Å²) < 4.78 is 0. The lowest BCUT2D eigenvalue weighted by Gasteiger charge is -2.27. The van der Waals surface area contributed by atoms with Crippen LogP contribution in [0.2, 0.25) is 0 Å². The fourth-order valence-corrected chi connectivity index (χ4v) is 1.95. The zero-order valence-corrected chi connectivity index (χ0v) is 12.8. The fraction of sp³-hybridized carbons (Fsp3) is 0.438. The minimum atomic E-state index is -0.130. The predicted octanol–water partition coefficient (Wildman–Crippen LogP) is 1.31. The lowest BCUT2D eigenvalue weighted by molar-refractivity contribution is -0.125. The highest BCUT2D eigenvalue weighted by molar-refractivity contribution is 5.81. The largest absolute Gasteiger partial charge is 0.358 e. The maximum Gasteiger partial charge on any atom is 0.238 e. The third kappa shape index (κ3) is 5.55. The van der Waals surface area contributed by atoms with Crippen molar-refractivity contribution in [1.29, 1.82) is 0 Å². The minimum absolute atomic E-state index is 0.0499. The quantitative estimate of drug-likeness (QED) is 0.815. The number of hydrogen-bond donors (Lipinski definition) is 1. The number of nitrogens with zero attached hydrogens (tertiary/aromatic N) is 2. The SMILES string of the molecule is CNC(=O)[C@H](CN(C)C/C=C/c1ccccc1)N(C)C. The van der Waals surface area contributed by atoms with Gasteiger partial charge in [-0.05, 0) is 26.7 Å². The molecule has 0 heterocycles. The lowest BCUT2D eigenvalue weighted by Crippen LogP contribution is -2.48. The maximum atomic E-state index is 11.8. The molecule has 1 atom stereocenters. The summed E-state index contributed by atoms with van der Waals surface area (Å²) in [5.41, 5.74) is 1.19. The first-order valence-electron chi connectivity index (χ1n) is 6.82. The number of likely N-dealkylation sites (N-methyl/N-ethyl adjacent to an activating group) is 3. The van der Waals surface area contributed by atoms with E-state index in [0.717, 1.165) is 6.54 Å². The molecule has 0 aliphatic carbocycles. The second-order valence-electron chi connectivity index (χ2n) is 5.13. The molecule has 1 amide bonds. The highest BCUT2D eigenvalue weighted by Crippen LogP contribution is 2.02. The highest BCUT2D eigenvalue weighted by atomic mass is 16.2. The van der Waals surface area contributed by atoms with Crippen LogP contribution in [-0.4, -0.2) is 63.0 Å². The first-order valence-corrected chi connectivity index (χ1v) is 6.82. The van der Waals surface area contributed by atoms with Crippen LogP contribution in [0.5, 0.6) is 0 Å². The Hall–Kier alpha value is -1.65. The van der Waals surface area contributed by atoms with Crippen molar-refractivity contribution in [2.45, 2.75) is 6.04 Å². The van der Waals surface area contributed by atoms with Crippen molar-refractivity contribution in [1.82, 2.24) is 15.1 Å². The molecule has 0 aromatic heterocycles.